The van der Waals surface area contributed by atoms with Gasteiger partial charge in [-0.3, -0.25) is 0 Å². The second-order valence-corrected chi connectivity index (χ2v) is 10.1. The minimum Gasteiger partial charge on any atom is -0.324 e. The van der Waals surface area contributed by atoms with E-state index in [1.165, 1.54) is 30.4 Å². The zero-order valence-electron chi connectivity index (χ0n) is 16.2. The maximum Gasteiger partial charge on any atom is 0.0291 e. The fraction of sp³-hybridized carbons (Fsp3) is 0.739. The molecule has 3 fully saturated rings. The Kier molecular flexibility index (Phi) is 3.23. The van der Waals surface area contributed by atoms with Gasteiger partial charge in [0.2, 0.25) is 0 Å². The van der Waals surface area contributed by atoms with Crippen molar-refractivity contribution < 1.29 is 0 Å². The molecule has 0 spiro atoms. The van der Waals surface area contributed by atoms with Crippen LogP contribution in [0.1, 0.15) is 72.6 Å². The van der Waals surface area contributed by atoms with Crippen LogP contribution in [0.25, 0.3) is 0 Å². The second kappa shape index (κ2) is 4.67. The van der Waals surface area contributed by atoms with Crippen molar-refractivity contribution in [2.75, 3.05) is 0 Å². The lowest BCUT2D eigenvalue weighted by molar-refractivity contribution is -0.0934. The molecule has 24 heavy (non-hydrogen) atoms. The third-order valence-electron chi connectivity index (χ3n) is 9.61. The van der Waals surface area contributed by atoms with E-state index in [9.17, 15) is 0 Å². The molecule has 1 heteroatoms. The Balaban J connectivity index is 1.90. The molecule has 4 aliphatic carbocycles. The summed E-state index contributed by atoms with van der Waals surface area (Å²) in [7, 11) is 0. The van der Waals surface area contributed by atoms with Crippen LogP contribution in [0.4, 0.5) is 0 Å². The Bertz CT molecular complexity index is 657. The fourth-order valence-electron chi connectivity index (χ4n) is 7.51. The highest BCUT2D eigenvalue weighted by Gasteiger charge is 2.70. The zero-order valence-corrected chi connectivity index (χ0v) is 16.2. The SMILES string of the molecule is C=C1C=C2CCC3(N)C4CCC(C)C4(C)CC(=C)C3(C)C2(C)CC1. The van der Waals surface area contributed by atoms with Gasteiger partial charge in [-0.15, -0.1) is 0 Å². The summed E-state index contributed by atoms with van der Waals surface area (Å²) in [4.78, 5) is 0. The van der Waals surface area contributed by atoms with E-state index in [1.807, 2.05) is 0 Å². The van der Waals surface area contributed by atoms with Crippen LogP contribution in [0.3, 0.4) is 0 Å². The summed E-state index contributed by atoms with van der Waals surface area (Å²) >= 11 is 0. The molecule has 0 aromatic rings. The lowest BCUT2D eigenvalue weighted by atomic mass is 9.36. The summed E-state index contributed by atoms with van der Waals surface area (Å²) in [6.45, 7) is 18.8. The van der Waals surface area contributed by atoms with E-state index in [0.717, 1.165) is 31.6 Å². The fourth-order valence-corrected chi connectivity index (χ4v) is 7.51. The first-order valence-electron chi connectivity index (χ1n) is 9.95. The Morgan fingerprint density at radius 2 is 1.79 bits per heavy atom. The smallest absolute Gasteiger partial charge is 0.0291 e. The quantitative estimate of drug-likeness (QED) is 0.561. The van der Waals surface area contributed by atoms with E-state index in [2.05, 4.69) is 46.9 Å². The largest absolute Gasteiger partial charge is 0.324 e. The molecule has 0 aromatic carbocycles. The van der Waals surface area contributed by atoms with Crippen LogP contribution >= 0.6 is 0 Å². The van der Waals surface area contributed by atoms with Gasteiger partial charge in [-0.25, -0.2) is 0 Å². The third kappa shape index (κ3) is 1.61. The average Bonchev–Trinajstić information content (AvgIpc) is 2.81. The summed E-state index contributed by atoms with van der Waals surface area (Å²) in [6.07, 6.45) is 10.8. The zero-order chi connectivity index (χ0) is 17.5. The first kappa shape index (κ1) is 16.6. The standard InChI is InChI=1S/C23H35N/c1-15-9-11-21(5)18(13-15)10-12-23(24)19-8-7-16(2)20(19,4)14-17(3)22(21,23)6/h13,16,19H,1,3,7-12,14,24H2,2,4-6H3. The van der Waals surface area contributed by atoms with Crippen LogP contribution in [0.5, 0.6) is 0 Å². The van der Waals surface area contributed by atoms with E-state index in [0.29, 0.717) is 11.3 Å². The van der Waals surface area contributed by atoms with Crippen LogP contribution in [0, 0.1) is 28.1 Å². The van der Waals surface area contributed by atoms with Gasteiger partial charge in [0.05, 0.1) is 0 Å². The summed E-state index contributed by atoms with van der Waals surface area (Å²) in [5, 5.41) is 0. The molecule has 0 aromatic heterocycles. The Labute approximate surface area is 148 Å². The summed E-state index contributed by atoms with van der Waals surface area (Å²) in [6, 6.07) is 0. The molecule has 2 N–H and O–H groups in total. The van der Waals surface area contributed by atoms with Gasteiger partial charge in [0, 0.05) is 11.0 Å². The minimum absolute atomic E-state index is 0.0129. The van der Waals surface area contributed by atoms with Crippen LogP contribution in [-0.2, 0) is 0 Å². The van der Waals surface area contributed by atoms with Gasteiger partial charge in [0.15, 0.2) is 0 Å². The number of hydrogen-bond acceptors (Lipinski definition) is 1. The normalized spacial score (nSPS) is 54.0. The number of fused-ring (bicyclic) bond motifs is 5. The highest BCUT2D eigenvalue weighted by molar-refractivity contribution is 5.44. The number of hydrogen-bond donors (Lipinski definition) is 1. The summed E-state index contributed by atoms with van der Waals surface area (Å²) in [5.74, 6) is 1.40. The predicted octanol–water partition coefficient (Wildman–Crippen LogP) is 5.78. The molecule has 6 atom stereocenters. The molecule has 0 saturated heterocycles. The Morgan fingerprint density at radius 1 is 1.08 bits per heavy atom. The molecule has 132 valence electrons. The van der Waals surface area contributed by atoms with Crippen molar-refractivity contribution >= 4 is 0 Å². The van der Waals surface area contributed by atoms with Crippen molar-refractivity contribution in [2.45, 2.75) is 78.2 Å². The first-order valence-corrected chi connectivity index (χ1v) is 9.95. The number of rotatable bonds is 0. The number of nitrogens with two attached hydrogens (primary N) is 1. The molecule has 0 bridgehead atoms. The first-order chi connectivity index (χ1) is 11.1. The summed E-state index contributed by atoms with van der Waals surface area (Å²) in [5.41, 5.74) is 12.2. The van der Waals surface area contributed by atoms with Gasteiger partial charge < -0.3 is 5.73 Å². The molecule has 1 nitrogen and oxygen atoms in total. The molecule has 4 rings (SSSR count). The van der Waals surface area contributed by atoms with E-state index < -0.39 is 0 Å². The third-order valence-corrected chi connectivity index (χ3v) is 9.61. The van der Waals surface area contributed by atoms with Crippen molar-refractivity contribution in [3.05, 3.63) is 36.0 Å². The van der Waals surface area contributed by atoms with Gasteiger partial charge in [-0.05, 0) is 67.6 Å². The molecule has 0 heterocycles. The van der Waals surface area contributed by atoms with Gasteiger partial charge >= 0.3 is 0 Å². The average molecular weight is 326 g/mol. The monoisotopic (exact) mass is 325 g/mol. The van der Waals surface area contributed by atoms with Crippen LogP contribution < -0.4 is 5.73 Å². The van der Waals surface area contributed by atoms with Crippen LogP contribution in [-0.4, -0.2) is 5.54 Å². The van der Waals surface area contributed by atoms with Gasteiger partial charge in [-0.1, -0.05) is 63.6 Å². The highest BCUT2D eigenvalue weighted by atomic mass is 14.9. The van der Waals surface area contributed by atoms with Crippen LogP contribution in [0.2, 0.25) is 0 Å². The van der Waals surface area contributed by atoms with Crippen molar-refractivity contribution in [2.24, 2.45) is 33.8 Å². The molecule has 0 amide bonds. The highest BCUT2D eigenvalue weighted by Crippen LogP contribution is 2.73. The lowest BCUT2D eigenvalue weighted by Gasteiger charge is -2.70. The van der Waals surface area contributed by atoms with E-state index in [-0.39, 0.29) is 16.4 Å². The van der Waals surface area contributed by atoms with E-state index in [1.54, 1.807) is 5.57 Å². The maximum atomic E-state index is 7.44. The van der Waals surface area contributed by atoms with Crippen molar-refractivity contribution in [3.8, 4) is 0 Å². The van der Waals surface area contributed by atoms with E-state index >= 15 is 0 Å². The molecule has 6 unspecified atom stereocenters. The Hall–Kier alpha value is -0.820. The van der Waals surface area contributed by atoms with Crippen LogP contribution in [0.15, 0.2) is 36.0 Å². The van der Waals surface area contributed by atoms with Crippen molar-refractivity contribution in [1.29, 1.82) is 0 Å². The van der Waals surface area contributed by atoms with Gasteiger partial charge in [0.25, 0.3) is 0 Å². The molecular weight excluding hydrogens is 290 g/mol. The van der Waals surface area contributed by atoms with E-state index in [4.69, 9.17) is 5.73 Å². The minimum atomic E-state index is -0.105. The molecule has 0 radical (unpaired) electrons. The van der Waals surface area contributed by atoms with Crippen molar-refractivity contribution in [3.63, 3.8) is 0 Å². The topological polar surface area (TPSA) is 26.0 Å². The predicted molar refractivity (Wildman–Crippen MR) is 103 cm³/mol. The second-order valence-electron chi connectivity index (χ2n) is 10.1. The molecule has 4 aliphatic rings. The van der Waals surface area contributed by atoms with Gasteiger partial charge in [-0.2, -0.15) is 0 Å². The molecular formula is C23H35N. The lowest BCUT2D eigenvalue weighted by Crippen LogP contribution is -2.72. The van der Waals surface area contributed by atoms with Gasteiger partial charge in [0.1, 0.15) is 0 Å². The molecule has 3 saturated carbocycles. The number of allylic oxidation sites excluding steroid dienone is 3. The van der Waals surface area contributed by atoms with Crippen molar-refractivity contribution in [1.82, 2.24) is 0 Å². The maximum absolute atomic E-state index is 7.44. The molecule has 0 aliphatic heterocycles. The Morgan fingerprint density at radius 3 is 2.50 bits per heavy atom. The summed E-state index contributed by atoms with van der Waals surface area (Å²) < 4.78 is 0.